The molecule has 1 aliphatic heterocycles. The second-order valence-electron chi connectivity index (χ2n) is 4.05. The van der Waals surface area contributed by atoms with Gasteiger partial charge in [-0.25, -0.2) is 0 Å². The van der Waals surface area contributed by atoms with Gasteiger partial charge in [0.05, 0.1) is 13.1 Å². The van der Waals surface area contributed by atoms with Crippen LogP contribution >= 0.6 is 0 Å². The fourth-order valence-corrected chi connectivity index (χ4v) is 1.96. The number of hydrogen-bond acceptors (Lipinski definition) is 4. The largest absolute Gasteiger partial charge is 2.00 e. The SMILES string of the molecule is O=C(O)CN1CCCN(CC(=O)O)CCC1.[Cu+2].[OH3+]. The normalized spacial score (nSPS) is 17.8. The zero-order valence-corrected chi connectivity index (χ0v) is 11.1. The Morgan fingerprint density at radius 3 is 1.33 bits per heavy atom. The van der Waals surface area contributed by atoms with Crippen LogP contribution in [0.1, 0.15) is 12.8 Å². The summed E-state index contributed by atoms with van der Waals surface area (Å²) in [6.07, 6.45) is 1.64. The van der Waals surface area contributed by atoms with Gasteiger partial charge < -0.3 is 15.7 Å². The molecule has 0 unspecified atom stereocenters. The van der Waals surface area contributed by atoms with Crippen LogP contribution in [0.25, 0.3) is 0 Å². The van der Waals surface area contributed by atoms with Gasteiger partial charge in [-0.15, -0.1) is 0 Å². The Kier molecular flexibility index (Phi) is 11.2. The summed E-state index contributed by atoms with van der Waals surface area (Å²) in [5.74, 6) is -1.61. The summed E-state index contributed by atoms with van der Waals surface area (Å²) in [6, 6.07) is 0. The molecule has 7 nitrogen and oxygen atoms in total. The average molecular weight is 313 g/mol. The van der Waals surface area contributed by atoms with Crippen LogP contribution in [-0.4, -0.2) is 71.2 Å². The van der Waals surface area contributed by atoms with Crippen LogP contribution in [-0.2, 0) is 32.1 Å². The Morgan fingerprint density at radius 2 is 1.11 bits per heavy atom. The maximum atomic E-state index is 10.5. The van der Waals surface area contributed by atoms with Crippen molar-refractivity contribution in [3.63, 3.8) is 0 Å². The van der Waals surface area contributed by atoms with Crippen molar-refractivity contribution in [2.75, 3.05) is 39.3 Å². The first-order valence-corrected chi connectivity index (χ1v) is 5.46. The van der Waals surface area contributed by atoms with Crippen LogP contribution in [0.4, 0.5) is 0 Å². The van der Waals surface area contributed by atoms with Crippen molar-refractivity contribution in [1.29, 1.82) is 0 Å². The van der Waals surface area contributed by atoms with Crippen molar-refractivity contribution in [1.82, 2.24) is 9.80 Å². The predicted molar refractivity (Wildman–Crippen MR) is 62.3 cm³/mol. The van der Waals surface area contributed by atoms with Gasteiger partial charge in [0, 0.05) is 0 Å². The Bertz CT molecular complexity index is 231. The number of aliphatic carboxylic acids is 2. The van der Waals surface area contributed by atoms with Gasteiger partial charge >= 0.3 is 29.0 Å². The van der Waals surface area contributed by atoms with Gasteiger partial charge in [-0.05, 0) is 39.0 Å². The minimum Gasteiger partial charge on any atom is -0.480 e. The van der Waals surface area contributed by atoms with Gasteiger partial charge in [0.15, 0.2) is 0 Å². The summed E-state index contributed by atoms with van der Waals surface area (Å²) in [5.41, 5.74) is 0. The first-order chi connectivity index (χ1) is 7.58. The summed E-state index contributed by atoms with van der Waals surface area (Å²) < 4.78 is 0. The van der Waals surface area contributed by atoms with Crippen molar-refractivity contribution < 1.29 is 42.3 Å². The smallest absolute Gasteiger partial charge is 0.480 e. The molecule has 0 atom stereocenters. The molecule has 1 rings (SSSR count). The van der Waals surface area contributed by atoms with Crippen LogP contribution in [0.15, 0.2) is 0 Å². The first kappa shape index (κ1) is 19.7. The zero-order valence-electron chi connectivity index (χ0n) is 10.1. The fourth-order valence-electron chi connectivity index (χ4n) is 1.96. The number of hydrogen-bond donors (Lipinski definition) is 2. The van der Waals surface area contributed by atoms with Gasteiger partial charge in [0.1, 0.15) is 0 Å². The summed E-state index contributed by atoms with van der Waals surface area (Å²) in [7, 11) is 0. The van der Waals surface area contributed by atoms with Crippen molar-refractivity contribution in [2.45, 2.75) is 12.8 Å². The second kappa shape index (κ2) is 10.3. The number of nitrogens with zero attached hydrogens (tertiary/aromatic N) is 2. The molecule has 1 aliphatic rings. The standard InChI is InChI=1S/C10H18N2O4.Cu.H2O/c13-9(14)7-11-3-1-4-12(6-2-5-11)8-10(15)16;;/h1-8H2,(H,13,14)(H,15,16);;1H2/q;+2;/p+1. The maximum Gasteiger partial charge on any atom is 2.00 e. The summed E-state index contributed by atoms with van der Waals surface area (Å²) in [4.78, 5) is 24.9. The molecule has 1 heterocycles. The molecule has 0 spiro atoms. The van der Waals surface area contributed by atoms with Crippen LogP contribution in [0, 0.1) is 0 Å². The average Bonchev–Trinajstić information content (AvgIpc) is 2.11. The molecule has 5 N–H and O–H groups in total. The van der Waals surface area contributed by atoms with E-state index in [0.29, 0.717) is 0 Å². The molecule has 0 aromatic rings. The van der Waals surface area contributed by atoms with Crippen molar-refractivity contribution in [3.05, 3.63) is 0 Å². The van der Waals surface area contributed by atoms with Gasteiger partial charge in [0.25, 0.3) is 0 Å². The Labute approximate surface area is 117 Å². The number of carboxylic acids is 2. The quantitative estimate of drug-likeness (QED) is 0.489. The molecule has 0 aromatic heterocycles. The van der Waals surface area contributed by atoms with E-state index in [4.69, 9.17) is 10.2 Å². The Morgan fingerprint density at radius 1 is 0.833 bits per heavy atom. The van der Waals surface area contributed by atoms with E-state index in [1.807, 2.05) is 9.80 Å². The molecule has 8 heteroatoms. The molecular weight excluding hydrogens is 292 g/mol. The third-order valence-corrected chi connectivity index (χ3v) is 2.62. The molecule has 0 saturated carbocycles. The van der Waals surface area contributed by atoms with E-state index in [1.54, 1.807) is 0 Å². The molecule has 1 saturated heterocycles. The fraction of sp³-hybridized carbons (Fsp3) is 0.800. The topological polar surface area (TPSA) is 114 Å². The van der Waals surface area contributed by atoms with E-state index in [1.165, 1.54) is 0 Å². The van der Waals surface area contributed by atoms with Gasteiger partial charge in [-0.2, -0.15) is 0 Å². The van der Waals surface area contributed by atoms with E-state index in [2.05, 4.69) is 0 Å². The van der Waals surface area contributed by atoms with E-state index < -0.39 is 11.9 Å². The van der Waals surface area contributed by atoms with Crippen molar-refractivity contribution in [2.24, 2.45) is 0 Å². The third kappa shape index (κ3) is 8.43. The Balaban J connectivity index is 0. The van der Waals surface area contributed by atoms with Crippen LogP contribution < -0.4 is 0 Å². The molecule has 1 radical (unpaired) electrons. The van der Waals surface area contributed by atoms with E-state index in [-0.39, 0.29) is 35.6 Å². The van der Waals surface area contributed by atoms with Crippen LogP contribution in [0.3, 0.4) is 0 Å². The second-order valence-corrected chi connectivity index (χ2v) is 4.05. The molecule has 18 heavy (non-hydrogen) atoms. The number of rotatable bonds is 4. The Hall–Kier alpha value is -0.661. The molecule has 0 bridgehead atoms. The first-order valence-electron chi connectivity index (χ1n) is 5.46. The summed E-state index contributed by atoms with van der Waals surface area (Å²) >= 11 is 0. The monoisotopic (exact) mass is 312 g/mol. The molecule has 0 aromatic carbocycles. The predicted octanol–water partition coefficient (Wildman–Crippen LogP) is -1.37. The van der Waals surface area contributed by atoms with E-state index >= 15 is 0 Å². The minimum absolute atomic E-state index is 0. The minimum atomic E-state index is -0.803. The van der Waals surface area contributed by atoms with Crippen molar-refractivity contribution >= 4 is 11.9 Å². The maximum absolute atomic E-state index is 10.5. The molecular formula is C10H21CuN2O5+3. The van der Waals surface area contributed by atoms with Gasteiger partial charge in [-0.1, -0.05) is 0 Å². The summed E-state index contributed by atoms with van der Waals surface area (Å²) in [5, 5.41) is 17.3. The van der Waals surface area contributed by atoms with E-state index in [9.17, 15) is 9.59 Å². The van der Waals surface area contributed by atoms with Crippen LogP contribution in [0.2, 0.25) is 0 Å². The van der Waals surface area contributed by atoms with Gasteiger partial charge in [0.2, 0.25) is 0 Å². The number of carbonyl (C=O) groups is 2. The van der Waals surface area contributed by atoms with Crippen LogP contribution in [0.5, 0.6) is 0 Å². The van der Waals surface area contributed by atoms with E-state index in [0.717, 1.165) is 39.0 Å². The van der Waals surface area contributed by atoms with Gasteiger partial charge in [-0.3, -0.25) is 19.4 Å². The molecule has 0 amide bonds. The molecule has 0 aliphatic carbocycles. The number of carboxylic acid groups (broad SMARTS) is 2. The molecule has 1 fully saturated rings. The molecule has 109 valence electrons. The van der Waals surface area contributed by atoms with Crippen molar-refractivity contribution in [3.8, 4) is 0 Å². The third-order valence-electron chi connectivity index (χ3n) is 2.62. The summed E-state index contributed by atoms with van der Waals surface area (Å²) in [6.45, 7) is 3.06. The zero-order chi connectivity index (χ0) is 12.0.